The second kappa shape index (κ2) is 12.9. The molecule has 0 aliphatic heterocycles. The van der Waals surface area contributed by atoms with Crippen molar-refractivity contribution in [3.05, 3.63) is 29.3 Å². The van der Waals surface area contributed by atoms with Gasteiger partial charge in [0.05, 0.1) is 6.10 Å². The van der Waals surface area contributed by atoms with Crippen LogP contribution in [0.1, 0.15) is 63.0 Å². The normalized spacial score (nSPS) is 24.1. The highest BCUT2D eigenvalue weighted by molar-refractivity contribution is 5.68. The number of fused-ring (bicyclic) bond motifs is 2. The number of unbranched alkanes of at least 4 members (excludes halogenated alkanes) is 2. The van der Waals surface area contributed by atoms with Gasteiger partial charge in [-0.05, 0) is 73.5 Å². The highest BCUT2D eigenvalue weighted by Gasteiger charge is 2.47. The number of carboxylic acids is 1. The number of benzene rings is 1. The van der Waals surface area contributed by atoms with Gasteiger partial charge >= 0.3 is 12.1 Å². The van der Waals surface area contributed by atoms with Gasteiger partial charge in [-0.25, -0.2) is 14.0 Å². The fourth-order valence-electron chi connectivity index (χ4n) is 5.63. The molecule has 1 aromatic carbocycles. The first kappa shape index (κ1) is 26.3. The van der Waals surface area contributed by atoms with Crippen molar-refractivity contribution >= 4 is 12.1 Å². The highest BCUT2D eigenvalue weighted by atomic mass is 19.1. The molecule has 34 heavy (non-hydrogen) atoms. The second-order valence-corrected chi connectivity index (χ2v) is 9.48. The number of alkyl halides is 1. The topological polar surface area (TPSA) is 102 Å². The number of hydrogen-bond donors (Lipinski definition) is 2. The van der Waals surface area contributed by atoms with E-state index in [0.29, 0.717) is 25.0 Å². The van der Waals surface area contributed by atoms with Crippen LogP contribution in [0.3, 0.4) is 0 Å². The molecule has 0 heterocycles. The summed E-state index contributed by atoms with van der Waals surface area (Å²) >= 11 is 0. The lowest BCUT2D eigenvalue weighted by Crippen LogP contribution is -2.30. The van der Waals surface area contributed by atoms with Gasteiger partial charge in [-0.2, -0.15) is 0 Å². The summed E-state index contributed by atoms with van der Waals surface area (Å²) in [7, 11) is 0. The van der Waals surface area contributed by atoms with Crippen molar-refractivity contribution in [2.45, 2.75) is 76.9 Å². The number of carbonyl (C=O) groups is 2. The maximum absolute atomic E-state index is 12.4. The molecular weight excluding hydrogens is 443 g/mol. The molecule has 0 aromatic heterocycles. The van der Waals surface area contributed by atoms with E-state index in [-0.39, 0.29) is 36.6 Å². The van der Waals surface area contributed by atoms with Crippen LogP contribution in [-0.4, -0.2) is 54.4 Å². The monoisotopic (exact) mass is 480 g/mol. The van der Waals surface area contributed by atoms with E-state index in [4.69, 9.17) is 19.3 Å². The summed E-state index contributed by atoms with van der Waals surface area (Å²) in [4.78, 5) is 23.1. The lowest BCUT2D eigenvalue weighted by atomic mass is 9.73. The Balaban J connectivity index is 1.72. The molecular formula is C26H37FO7. The van der Waals surface area contributed by atoms with Crippen molar-refractivity contribution in [3.63, 3.8) is 0 Å². The Morgan fingerprint density at radius 1 is 1.21 bits per heavy atom. The van der Waals surface area contributed by atoms with Crippen LogP contribution in [-0.2, 0) is 27.1 Å². The fourth-order valence-corrected chi connectivity index (χ4v) is 5.63. The van der Waals surface area contributed by atoms with Gasteiger partial charge in [-0.1, -0.05) is 38.3 Å². The van der Waals surface area contributed by atoms with E-state index in [0.717, 1.165) is 49.7 Å². The molecule has 0 saturated heterocycles. The van der Waals surface area contributed by atoms with Crippen LogP contribution >= 0.6 is 0 Å². The molecule has 8 heteroatoms. The number of aliphatic hydroxyl groups excluding tert-OH is 1. The van der Waals surface area contributed by atoms with Gasteiger partial charge in [-0.3, -0.25) is 0 Å². The smallest absolute Gasteiger partial charge is 0.482 e. The maximum atomic E-state index is 12.4. The van der Waals surface area contributed by atoms with E-state index < -0.39 is 25.4 Å². The summed E-state index contributed by atoms with van der Waals surface area (Å²) in [5.41, 5.74) is 2.14. The molecule has 3 rings (SSSR count). The van der Waals surface area contributed by atoms with Crippen LogP contribution in [0.2, 0.25) is 0 Å². The molecule has 5 atom stereocenters. The van der Waals surface area contributed by atoms with E-state index in [1.165, 1.54) is 0 Å². The van der Waals surface area contributed by atoms with E-state index in [2.05, 4.69) is 6.92 Å². The van der Waals surface area contributed by atoms with Crippen molar-refractivity contribution < 1.29 is 38.4 Å². The third-order valence-electron chi connectivity index (χ3n) is 7.19. The maximum Gasteiger partial charge on any atom is 0.508 e. The van der Waals surface area contributed by atoms with Crippen molar-refractivity contribution in [3.8, 4) is 5.75 Å². The molecule has 2 aliphatic carbocycles. The zero-order chi connectivity index (χ0) is 24.5. The molecule has 1 fully saturated rings. The lowest BCUT2D eigenvalue weighted by Gasteiger charge is -2.32. The minimum absolute atomic E-state index is 0.0699. The van der Waals surface area contributed by atoms with E-state index in [1.54, 1.807) is 6.07 Å². The van der Waals surface area contributed by atoms with Gasteiger partial charge in [0, 0.05) is 0 Å². The molecule has 0 unspecified atom stereocenters. The van der Waals surface area contributed by atoms with Gasteiger partial charge in [0.15, 0.2) is 6.61 Å². The first-order chi connectivity index (χ1) is 16.4. The van der Waals surface area contributed by atoms with E-state index in [9.17, 15) is 19.1 Å². The molecule has 1 saturated carbocycles. The molecule has 7 nitrogen and oxygen atoms in total. The SMILES string of the molecule is CCCCC[C@H](O)CC[C@@H]1[C@H]2Cc3cccc(OCC(=O)O)c3C[C@H]2C[C@H]1OC(=O)OCCF. The second-order valence-electron chi connectivity index (χ2n) is 9.48. The van der Waals surface area contributed by atoms with Crippen molar-refractivity contribution in [1.82, 2.24) is 0 Å². The number of halogens is 1. The van der Waals surface area contributed by atoms with Gasteiger partial charge in [0.2, 0.25) is 0 Å². The summed E-state index contributed by atoms with van der Waals surface area (Å²) in [5, 5.41) is 19.5. The summed E-state index contributed by atoms with van der Waals surface area (Å²) in [6.45, 7) is 0.658. The summed E-state index contributed by atoms with van der Waals surface area (Å²) in [6, 6.07) is 5.71. The van der Waals surface area contributed by atoms with Crippen LogP contribution in [0.15, 0.2) is 18.2 Å². The molecule has 1 aromatic rings. The highest BCUT2D eigenvalue weighted by Crippen LogP contribution is 2.49. The number of aliphatic carboxylic acids is 1. The van der Waals surface area contributed by atoms with Crippen LogP contribution in [0, 0.1) is 17.8 Å². The Hall–Kier alpha value is -2.35. The van der Waals surface area contributed by atoms with E-state index >= 15 is 0 Å². The fraction of sp³-hybridized carbons (Fsp3) is 0.692. The van der Waals surface area contributed by atoms with Crippen LogP contribution < -0.4 is 4.74 Å². The molecule has 2 N–H and O–H groups in total. The lowest BCUT2D eigenvalue weighted by molar-refractivity contribution is -0.139. The third-order valence-corrected chi connectivity index (χ3v) is 7.19. The number of rotatable bonds is 13. The average molecular weight is 481 g/mol. The van der Waals surface area contributed by atoms with Crippen molar-refractivity contribution in [2.24, 2.45) is 17.8 Å². The minimum atomic E-state index is -1.02. The van der Waals surface area contributed by atoms with Crippen molar-refractivity contribution in [1.29, 1.82) is 0 Å². The molecule has 0 radical (unpaired) electrons. The van der Waals surface area contributed by atoms with Crippen LogP contribution in [0.5, 0.6) is 5.75 Å². The standard InChI is InChI=1S/C26H37FO7/c1-2-3-4-7-19(28)9-10-20-21-13-17-6-5-8-23(33-16-25(29)30)22(17)14-18(21)15-24(20)34-26(31)32-12-11-27/h5-6,8,18-21,24,28H,2-4,7,9-16H2,1H3,(H,29,30)/t18-,19-,20+,21-,24+/m0/s1. The number of aliphatic hydroxyl groups is 1. The van der Waals surface area contributed by atoms with Gasteiger partial charge in [-0.15, -0.1) is 0 Å². The molecule has 0 amide bonds. The number of ether oxygens (including phenoxy) is 3. The Labute approximate surface area is 200 Å². The van der Waals surface area contributed by atoms with Gasteiger partial charge in [0.25, 0.3) is 0 Å². The Kier molecular flexibility index (Phi) is 9.99. The minimum Gasteiger partial charge on any atom is -0.482 e. The zero-order valence-electron chi connectivity index (χ0n) is 19.9. The predicted octanol–water partition coefficient (Wildman–Crippen LogP) is 4.71. The third kappa shape index (κ3) is 7.08. The predicted molar refractivity (Wildman–Crippen MR) is 124 cm³/mol. The number of carboxylic acid groups (broad SMARTS) is 1. The molecule has 2 aliphatic rings. The molecule has 0 bridgehead atoms. The van der Waals surface area contributed by atoms with Crippen molar-refractivity contribution in [2.75, 3.05) is 19.9 Å². The Morgan fingerprint density at radius 3 is 2.76 bits per heavy atom. The van der Waals surface area contributed by atoms with Gasteiger partial charge in [0.1, 0.15) is 25.1 Å². The summed E-state index contributed by atoms with van der Waals surface area (Å²) in [6.07, 6.45) is 5.91. The average Bonchev–Trinajstić information content (AvgIpc) is 3.14. The van der Waals surface area contributed by atoms with Crippen LogP contribution in [0.25, 0.3) is 0 Å². The molecule has 190 valence electrons. The number of hydrogen-bond acceptors (Lipinski definition) is 6. The first-order valence-corrected chi connectivity index (χ1v) is 12.5. The first-order valence-electron chi connectivity index (χ1n) is 12.5. The van der Waals surface area contributed by atoms with E-state index in [1.807, 2.05) is 12.1 Å². The molecule has 0 spiro atoms. The van der Waals surface area contributed by atoms with Gasteiger partial charge < -0.3 is 24.4 Å². The summed E-state index contributed by atoms with van der Waals surface area (Å²) in [5.74, 6) is 0.144. The summed E-state index contributed by atoms with van der Waals surface area (Å²) < 4.78 is 28.4. The quantitative estimate of drug-likeness (QED) is 0.311. The Bertz CT molecular complexity index is 814. The van der Waals surface area contributed by atoms with Crippen LogP contribution in [0.4, 0.5) is 9.18 Å². The number of carbonyl (C=O) groups excluding carboxylic acids is 1. The Morgan fingerprint density at radius 2 is 2.03 bits per heavy atom. The largest absolute Gasteiger partial charge is 0.508 e. The zero-order valence-corrected chi connectivity index (χ0v) is 19.9.